The Balaban J connectivity index is 1.21. The van der Waals surface area contributed by atoms with E-state index in [4.69, 9.17) is 0 Å². The Labute approximate surface area is 222 Å². The van der Waals surface area contributed by atoms with Crippen molar-refractivity contribution in [3.63, 3.8) is 0 Å². The molecule has 0 heterocycles. The van der Waals surface area contributed by atoms with Gasteiger partial charge in [0.2, 0.25) is 0 Å². The molecule has 6 rings (SSSR count). The molecule has 1 heteroatoms. The molecule has 0 aromatic heterocycles. The van der Waals surface area contributed by atoms with Crippen molar-refractivity contribution in [1.82, 2.24) is 0 Å². The Hall–Kier alpha value is -3.19. The highest BCUT2D eigenvalue weighted by atomic mass is 16.1. The van der Waals surface area contributed by atoms with E-state index in [0.717, 1.165) is 42.2 Å². The van der Waals surface area contributed by atoms with Crippen LogP contribution in [0.4, 0.5) is 0 Å². The van der Waals surface area contributed by atoms with E-state index in [-0.39, 0.29) is 11.7 Å². The lowest BCUT2D eigenvalue weighted by molar-refractivity contribution is -0.117. The van der Waals surface area contributed by atoms with Gasteiger partial charge in [-0.25, -0.2) is 0 Å². The third kappa shape index (κ3) is 5.01. The average Bonchev–Trinajstić information content (AvgIpc) is 2.94. The quantitative estimate of drug-likeness (QED) is 0.353. The normalized spacial score (nSPS) is 24.8. The van der Waals surface area contributed by atoms with Gasteiger partial charge in [0.1, 0.15) is 0 Å². The van der Waals surface area contributed by atoms with E-state index >= 15 is 0 Å². The molecule has 1 nitrogen and oxygen atoms in total. The Morgan fingerprint density at radius 1 is 0.838 bits per heavy atom. The van der Waals surface area contributed by atoms with Crippen LogP contribution in [-0.2, 0) is 24.1 Å². The van der Waals surface area contributed by atoms with E-state index in [1.165, 1.54) is 65.5 Å². The highest BCUT2D eigenvalue weighted by Gasteiger charge is 2.34. The molecule has 0 bridgehead atoms. The molecule has 1 saturated carbocycles. The summed E-state index contributed by atoms with van der Waals surface area (Å²) < 4.78 is 0. The second-order valence-electron chi connectivity index (χ2n) is 11.8. The van der Waals surface area contributed by atoms with E-state index < -0.39 is 0 Å². The van der Waals surface area contributed by atoms with E-state index in [0.29, 0.717) is 5.92 Å². The monoisotopic (exact) mass is 486 g/mol. The first-order chi connectivity index (χ1) is 18.0. The Kier molecular flexibility index (Phi) is 6.72. The number of hydrogen-bond acceptors (Lipinski definition) is 1. The van der Waals surface area contributed by atoms with Gasteiger partial charge in [0.15, 0.2) is 5.78 Å². The fourth-order valence-corrected chi connectivity index (χ4v) is 6.98. The lowest BCUT2D eigenvalue weighted by atomic mass is 9.70. The zero-order valence-electron chi connectivity index (χ0n) is 22.1. The third-order valence-corrected chi connectivity index (χ3v) is 9.32. The van der Waals surface area contributed by atoms with Crippen LogP contribution in [0, 0.1) is 17.8 Å². The van der Waals surface area contributed by atoms with E-state index in [1.54, 1.807) is 6.08 Å². The Bertz CT molecular complexity index is 1330. The largest absolute Gasteiger partial charge is 0.294 e. The number of fused-ring (bicyclic) bond motifs is 2. The molecule has 3 aliphatic rings. The fourth-order valence-electron chi connectivity index (χ4n) is 6.98. The molecule has 0 radical (unpaired) electrons. The number of ketones is 1. The first kappa shape index (κ1) is 24.2. The first-order valence-electron chi connectivity index (χ1n) is 14.3. The number of aryl methyl sites for hydroxylation is 1. The lowest BCUT2D eigenvalue weighted by Gasteiger charge is -2.33. The van der Waals surface area contributed by atoms with Crippen molar-refractivity contribution < 1.29 is 4.79 Å². The average molecular weight is 487 g/mol. The van der Waals surface area contributed by atoms with Crippen molar-refractivity contribution >= 4 is 17.4 Å². The summed E-state index contributed by atoms with van der Waals surface area (Å²) in [6.07, 6.45) is 13.6. The highest BCUT2D eigenvalue weighted by Crippen LogP contribution is 2.41. The van der Waals surface area contributed by atoms with Crippen molar-refractivity contribution in [3.05, 3.63) is 118 Å². The molecule has 3 aromatic rings. The van der Waals surface area contributed by atoms with Gasteiger partial charge in [-0.15, -0.1) is 0 Å². The number of benzene rings is 3. The lowest BCUT2D eigenvalue weighted by Crippen LogP contribution is -2.28. The minimum absolute atomic E-state index is 0.0679. The van der Waals surface area contributed by atoms with E-state index in [1.807, 2.05) is 6.08 Å². The summed E-state index contributed by atoms with van der Waals surface area (Å²) in [5.74, 6) is 2.26. The van der Waals surface area contributed by atoms with Crippen LogP contribution in [0.25, 0.3) is 11.6 Å². The SMILES string of the molecule is C=C(c1ccc(CC2CCC(C)CC2)cc1)c1ccc2c(c1)C(C1CCc3ccccc3C1)C(=O)C=C2. The zero-order chi connectivity index (χ0) is 25.4. The van der Waals surface area contributed by atoms with Crippen LogP contribution in [0.15, 0.2) is 79.4 Å². The number of carbonyl (C=O) groups is 1. The summed E-state index contributed by atoms with van der Waals surface area (Å²) in [5, 5.41) is 0. The molecule has 0 spiro atoms. The fraction of sp³-hybridized carbons (Fsp3) is 0.361. The standard InChI is InChI=1S/C36H38O/c1-24-7-9-26(10-8-24)21-27-11-13-28(14-12-27)25(2)31-17-16-30-19-20-35(37)36(34(30)23-31)33-18-15-29-5-3-4-6-32(29)22-33/h3-6,11-14,16-17,19-20,23-24,26,33,36H,2,7-10,15,18,21-22H2,1H3. The zero-order valence-corrected chi connectivity index (χ0v) is 22.1. The first-order valence-corrected chi connectivity index (χ1v) is 14.3. The van der Waals surface area contributed by atoms with Crippen molar-refractivity contribution in [2.75, 3.05) is 0 Å². The molecule has 0 aliphatic heterocycles. The smallest absolute Gasteiger partial charge is 0.163 e. The van der Waals surface area contributed by atoms with Gasteiger partial charge in [-0.05, 0) is 113 Å². The van der Waals surface area contributed by atoms with Crippen molar-refractivity contribution in [2.45, 2.75) is 64.2 Å². The number of allylic oxidation sites excluding steroid dienone is 1. The molecule has 3 aliphatic carbocycles. The molecule has 0 N–H and O–H groups in total. The summed E-state index contributed by atoms with van der Waals surface area (Å²) in [4.78, 5) is 13.2. The summed E-state index contributed by atoms with van der Waals surface area (Å²) in [6, 6.07) is 24.4. The van der Waals surface area contributed by atoms with Crippen LogP contribution in [0.5, 0.6) is 0 Å². The maximum absolute atomic E-state index is 13.2. The van der Waals surface area contributed by atoms with Gasteiger partial charge < -0.3 is 0 Å². The van der Waals surface area contributed by atoms with Crippen molar-refractivity contribution in [1.29, 1.82) is 0 Å². The summed E-state index contributed by atoms with van der Waals surface area (Å²) >= 11 is 0. The molecule has 188 valence electrons. The Morgan fingerprint density at radius 3 is 2.35 bits per heavy atom. The summed E-state index contributed by atoms with van der Waals surface area (Å²) in [5.41, 5.74) is 9.98. The van der Waals surface area contributed by atoms with Crippen molar-refractivity contribution in [3.8, 4) is 0 Å². The van der Waals surface area contributed by atoms with Crippen molar-refractivity contribution in [2.24, 2.45) is 17.8 Å². The molecule has 37 heavy (non-hydrogen) atoms. The van der Waals surface area contributed by atoms with Gasteiger partial charge in [0.05, 0.1) is 5.92 Å². The molecule has 2 unspecified atom stereocenters. The van der Waals surface area contributed by atoms with Gasteiger partial charge >= 0.3 is 0 Å². The maximum Gasteiger partial charge on any atom is 0.163 e. The number of rotatable bonds is 5. The van der Waals surface area contributed by atoms with Crippen LogP contribution in [-0.4, -0.2) is 5.78 Å². The Morgan fingerprint density at radius 2 is 1.57 bits per heavy atom. The van der Waals surface area contributed by atoms with Gasteiger partial charge in [-0.1, -0.05) is 93.1 Å². The van der Waals surface area contributed by atoms with Gasteiger partial charge in [0, 0.05) is 0 Å². The topological polar surface area (TPSA) is 17.1 Å². The van der Waals surface area contributed by atoms with E-state index in [9.17, 15) is 4.79 Å². The minimum atomic E-state index is -0.0679. The third-order valence-electron chi connectivity index (χ3n) is 9.32. The van der Waals surface area contributed by atoms with Gasteiger partial charge in [-0.2, -0.15) is 0 Å². The van der Waals surface area contributed by atoms with Crippen LogP contribution in [0.3, 0.4) is 0 Å². The second-order valence-corrected chi connectivity index (χ2v) is 11.8. The maximum atomic E-state index is 13.2. The molecule has 1 fully saturated rings. The predicted molar refractivity (Wildman–Crippen MR) is 155 cm³/mol. The highest BCUT2D eigenvalue weighted by molar-refractivity contribution is 6.02. The van der Waals surface area contributed by atoms with Gasteiger partial charge in [-0.3, -0.25) is 4.79 Å². The molecular formula is C36H38O. The van der Waals surface area contributed by atoms with Crippen LogP contribution >= 0.6 is 0 Å². The molecule has 2 atom stereocenters. The molecule has 3 aromatic carbocycles. The van der Waals surface area contributed by atoms with Gasteiger partial charge in [0.25, 0.3) is 0 Å². The summed E-state index contributed by atoms with van der Waals surface area (Å²) in [6.45, 7) is 6.87. The number of hydrogen-bond donors (Lipinski definition) is 0. The summed E-state index contributed by atoms with van der Waals surface area (Å²) in [7, 11) is 0. The minimum Gasteiger partial charge on any atom is -0.294 e. The van der Waals surface area contributed by atoms with Crippen LogP contribution in [0.1, 0.15) is 83.9 Å². The second kappa shape index (κ2) is 10.3. The number of carbonyl (C=O) groups excluding carboxylic acids is 1. The molecular weight excluding hydrogens is 448 g/mol. The predicted octanol–water partition coefficient (Wildman–Crippen LogP) is 8.60. The van der Waals surface area contributed by atoms with Crippen LogP contribution < -0.4 is 0 Å². The van der Waals surface area contributed by atoms with Crippen LogP contribution in [0.2, 0.25) is 0 Å². The molecule has 0 saturated heterocycles. The molecule has 0 amide bonds. The van der Waals surface area contributed by atoms with E-state index in [2.05, 4.69) is 80.2 Å².